The molecule has 12 heterocycles. The third-order valence-electron chi connectivity index (χ3n) is 20.8. The van der Waals surface area contributed by atoms with Gasteiger partial charge < -0.3 is 29.5 Å². The van der Waals surface area contributed by atoms with Crippen LogP contribution < -0.4 is 9.13 Å². The van der Waals surface area contributed by atoms with E-state index in [1.807, 2.05) is 206 Å². The molecule has 24 rings (SSSR count). The molecule has 20 aromatic rings. The fourth-order valence-corrected chi connectivity index (χ4v) is 17.6. The molecule has 127 heavy (non-hydrogen) atoms. The molecule has 0 amide bonds. The summed E-state index contributed by atoms with van der Waals surface area (Å²) in [4.78, 5) is 34.0. The number of aliphatic hydroxyl groups excluding tert-OH is 1. The number of aryl methyl sites for hydroxylation is 1. The second-order valence-electron chi connectivity index (χ2n) is 29.2. The van der Waals surface area contributed by atoms with Crippen molar-refractivity contribution in [3.05, 3.63) is 471 Å². The van der Waals surface area contributed by atoms with Crippen molar-refractivity contribution in [1.29, 1.82) is 0 Å². The molecule has 0 saturated heterocycles. The van der Waals surface area contributed by atoms with E-state index in [2.05, 4.69) is 228 Å². The molecule has 1 unspecified atom stereocenters. The number of pyridine rings is 4. The number of fused-ring (bicyclic) bond motifs is 17. The van der Waals surface area contributed by atoms with Crippen LogP contribution in [0.25, 0.3) is 136 Å². The second-order valence-corrected chi connectivity index (χ2v) is 31.3. The Morgan fingerprint density at radius 1 is 0.496 bits per heavy atom. The molecule has 0 bridgehead atoms. The topological polar surface area (TPSA) is 118 Å². The first-order chi connectivity index (χ1) is 64.0. The average molecular weight is 2220 g/mol. The van der Waals surface area contributed by atoms with E-state index in [1.54, 1.807) is 17.3 Å². The maximum atomic E-state index is 10.0. The van der Waals surface area contributed by atoms with Crippen LogP contribution in [0.2, 0.25) is 0 Å². The number of para-hydroxylation sites is 3. The quantitative estimate of drug-likeness (QED) is 0.0726. The Labute approximate surface area is 798 Å². The van der Waals surface area contributed by atoms with E-state index in [0.717, 1.165) is 86.5 Å². The number of hydrogen-bond acceptors (Lipinski definition) is 10. The Hall–Kier alpha value is -13.3. The number of thiophene rings is 2. The van der Waals surface area contributed by atoms with Crippen molar-refractivity contribution in [2.75, 3.05) is 0 Å². The zero-order valence-electron chi connectivity index (χ0n) is 76.1. The van der Waals surface area contributed by atoms with Crippen molar-refractivity contribution in [3.8, 4) is 84.6 Å². The summed E-state index contributed by atoms with van der Waals surface area (Å²) in [5.74, 6) is 1.95. The van der Waals surface area contributed by atoms with Gasteiger partial charge in [0.2, 0.25) is 5.69 Å². The van der Waals surface area contributed by atoms with Gasteiger partial charge in [-0.05, 0) is 135 Å². The van der Waals surface area contributed by atoms with E-state index >= 15 is 0 Å². The van der Waals surface area contributed by atoms with Gasteiger partial charge in [0, 0.05) is 165 Å². The molecule has 16 heteroatoms. The maximum absolute atomic E-state index is 10.0. The van der Waals surface area contributed by atoms with Gasteiger partial charge in [-0.1, -0.05) is 205 Å². The number of carbonyl (C=O) groups excluding carboxylic acids is 1. The van der Waals surface area contributed by atoms with Crippen molar-refractivity contribution in [2.45, 2.75) is 46.4 Å². The molecule has 4 aliphatic heterocycles. The maximum Gasteiger partial charge on any atom is 0.331 e. The number of nitrogens with zero attached hydrogens (tertiary/aromatic N) is 9. The Balaban J connectivity index is 0.000000124. The summed E-state index contributed by atoms with van der Waals surface area (Å²) in [5.41, 5.74) is 21.4. The largest absolute Gasteiger partial charge is 0.512 e. The number of rotatable bonds is 7. The molecule has 0 aliphatic carbocycles. The average Bonchev–Trinajstić information content (AvgIpc) is 1.58. The van der Waals surface area contributed by atoms with Crippen LogP contribution in [0.1, 0.15) is 57.4 Å². The molecule has 8 aromatic heterocycles. The van der Waals surface area contributed by atoms with Gasteiger partial charge in [-0.2, -0.15) is 15.9 Å². The molecule has 0 saturated carbocycles. The summed E-state index contributed by atoms with van der Waals surface area (Å²) >= 11 is 3.73. The molecule has 12 aromatic carbocycles. The van der Waals surface area contributed by atoms with Crippen LogP contribution in [0, 0.1) is 31.2 Å². The van der Waals surface area contributed by atoms with E-state index in [0.29, 0.717) is 11.1 Å². The molecule has 11 nitrogen and oxygen atoms in total. The van der Waals surface area contributed by atoms with Gasteiger partial charge >= 0.3 is 5.82 Å². The zero-order valence-corrected chi connectivity index (χ0v) is 77.9. The predicted octanol–water partition coefficient (Wildman–Crippen LogP) is 25.9. The van der Waals surface area contributed by atoms with Crippen LogP contribution in [0.5, 0.6) is 0 Å². The number of benzene rings is 12. The second kappa shape index (κ2) is 43.5. The van der Waals surface area contributed by atoms with E-state index in [-0.39, 0.29) is 121 Å². The predicted molar refractivity (Wildman–Crippen MR) is 507 cm³/mol. The monoisotopic (exact) mass is 2230 g/mol. The molecule has 4 aliphatic rings. The first kappa shape index (κ1) is 80.8. The van der Waals surface area contributed by atoms with Crippen LogP contribution in [-0.2, 0) is 84.7 Å². The number of imidazole rings is 1. The minimum absolute atomic E-state index is 0. The first-order valence-electron chi connectivity index (χ1n) is 44.1. The Bertz CT molecular complexity index is 7540. The molecule has 0 fully saturated rings. The third-order valence-corrected chi connectivity index (χ3v) is 23.2. The summed E-state index contributed by atoms with van der Waals surface area (Å²) in [5, 5.41) is 13.7. The summed E-state index contributed by atoms with van der Waals surface area (Å²) < 4.78 is 66.8. The molecular weight excluding hydrogens is 2130 g/mol. The van der Waals surface area contributed by atoms with Gasteiger partial charge in [0.1, 0.15) is 6.54 Å². The Morgan fingerprint density at radius 3 is 1.79 bits per heavy atom. The normalized spacial score (nSPS) is 13.2. The SMILES string of the molecule is CC(=O)C=C(C)O.Cc1cc[n+]2c(n1)-c1ccccc1C2.[2H]C1=CN2Cc3c([2H])c([2H])c([2H])c([2H])c3C2C([2H])=C1[2H].[Ir].[Ir].[Ir].[c-]1ccc(-c2ccccc2)cc1-c1ccccn1.[c-]1ccc2c(sc3ccccc32)c1-c1ccccn1.[c-]1ccccc1-c1ccccn1.[c-]1ccccc1-c1nc2ccccc2n1-c1ccccc1.c1cc[n+]2c(c1)-c1c(ccc3c1sc1ccccc13)C2. The van der Waals surface area contributed by atoms with E-state index in [1.165, 1.54) is 106 Å². The van der Waals surface area contributed by atoms with Crippen molar-refractivity contribution in [1.82, 2.24) is 34.4 Å². The summed E-state index contributed by atoms with van der Waals surface area (Å²) in [6, 6.07) is 123. The number of aromatic nitrogens is 8. The molecule has 627 valence electrons. The number of allylic oxidation sites excluding steroid dienone is 4. The van der Waals surface area contributed by atoms with Crippen molar-refractivity contribution in [3.63, 3.8) is 0 Å². The number of hydrogen-bond donors (Lipinski definition) is 1. The number of ketones is 1. The van der Waals surface area contributed by atoms with E-state index in [9.17, 15) is 4.79 Å². The first-order valence-corrected chi connectivity index (χ1v) is 42.2. The number of aliphatic hydroxyl groups is 1. The minimum Gasteiger partial charge on any atom is -0.512 e. The van der Waals surface area contributed by atoms with E-state index < -0.39 is 6.04 Å². The van der Waals surface area contributed by atoms with Gasteiger partial charge in [-0.15, -0.1) is 142 Å². The van der Waals surface area contributed by atoms with Crippen molar-refractivity contribution >= 4 is 79.8 Å². The zero-order chi connectivity index (χ0) is 90.4. The van der Waals surface area contributed by atoms with Crippen LogP contribution in [-0.4, -0.2) is 45.3 Å². The standard InChI is InChI=1S/C19H13N2.C18H12NS.C17H10NS.C17H12N.C12H11N2.C12H11N.C11H8N.C5H8O2.3Ir/c1-3-9-15(10-4-1)19-20-17-13-7-8-14-18(17)21(19)16-11-5-2-6-12-16;1-2-7-16-13(5-1)14-9-8-12-11-19-10-4-3-6-15(19)17(12)18(14)20-16;1-2-10-16-12(6-1)13-7-5-8-14(17(13)19-16)15-9-3-4-11-18-15;1-2-7-14(8-3-1)15-9-6-10-16(13-15)17-11-4-5-12-18-17;1-9-6-7-14-8-10-4-2-3-5-11(10)12(14)13-9;1-2-6-11-10(5-1)9-13-8-4-3-7-12(11)13;1-2-6-10(7-3-1)11-8-4-5-9-12-11;1-4(6)3-5(2)7;;;/h1-9,11-14H;1-10H,11H2;1-7,9-11H;1-9,11-13H;2-7H,8H2,1H3;1-8,12H,9H2;1-6,8-9H;3,6H,1-2H3;;;/q-1;+1;2*-1;+1;;-1;;;;/i;;;;;1D,2D,3D,4D,5D,6D,7D;;;;;. The van der Waals surface area contributed by atoms with Crippen molar-refractivity contribution in [2.24, 2.45) is 0 Å². The van der Waals surface area contributed by atoms with E-state index in [4.69, 9.17) is 19.7 Å². The third kappa shape index (κ3) is 21.4. The van der Waals surface area contributed by atoms with Gasteiger partial charge in [0.25, 0.3) is 0 Å². The van der Waals surface area contributed by atoms with Crippen LogP contribution in [0.4, 0.5) is 0 Å². The minimum atomic E-state index is -0.687. The smallest absolute Gasteiger partial charge is 0.331 e. The summed E-state index contributed by atoms with van der Waals surface area (Å²) in [6.07, 6.45) is 12.3. The molecule has 0 spiro atoms. The Kier molecular flexibility index (Phi) is 27.7. The van der Waals surface area contributed by atoms with Gasteiger partial charge in [-0.3, -0.25) is 9.78 Å². The molecule has 1 atom stereocenters. The Morgan fingerprint density at radius 2 is 1.09 bits per heavy atom. The molecule has 1 N–H and O–H groups in total. The van der Waals surface area contributed by atoms with Gasteiger partial charge in [0.15, 0.2) is 24.2 Å². The van der Waals surface area contributed by atoms with Crippen LogP contribution in [0.3, 0.4) is 0 Å². The van der Waals surface area contributed by atoms with Crippen LogP contribution in [0.15, 0.2) is 419 Å². The van der Waals surface area contributed by atoms with Crippen molar-refractivity contribution < 1.29 is 88.9 Å². The summed E-state index contributed by atoms with van der Waals surface area (Å²) in [6.45, 7) is 7.06. The fraction of sp³-hybridized carbons (Fsp3) is 0.0631. The number of carbonyl (C=O) groups is 1. The fourth-order valence-electron chi connectivity index (χ4n) is 15.1. The summed E-state index contributed by atoms with van der Waals surface area (Å²) in [7, 11) is 0. The van der Waals surface area contributed by atoms with Crippen LogP contribution >= 0.6 is 22.7 Å². The molecular formula is C111H85Ir3N9O2S2-2. The van der Waals surface area contributed by atoms with Gasteiger partial charge in [0.05, 0.1) is 55.6 Å². The van der Waals surface area contributed by atoms with Gasteiger partial charge in [-0.25, -0.2) is 4.57 Å². The molecule has 3 radical (unpaired) electrons.